The molecule has 0 saturated heterocycles. The van der Waals surface area contributed by atoms with Gasteiger partial charge in [0, 0.05) is 4.90 Å². The molecular formula is C15H20FNO3S. The Kier molecular flexibility index (Phi) is 7.22. The highest BCUT2D eigenvalue weighted by Crippen LogP contribution is 2.18. The standard InChI is InChI=1S/C15H20FNO3S/c1-4-10(2)14(15(19)20-3)17-13(18)9-21-12-7-5-11(16)6-8-12/h5-8,10,14H,4,9H2,1-3H3,(H,17,18)/t10-,14+/m1/s1. The van der Waals surface area contributed by atoms with Crippen LogP contribution in [-0.2, 0) is 14.3 Å². The summed E-state index contributed by atoms with van der Waals surface area (Å²) < 4.78 is 17.5. The van der Waals surface area contributed by atoms with Crippen LogP contribution in [0.5, 0.6) is 0 Å². The minimum absolute atomic E-state index is 0.00257. The Morgan fingerprint density at radius 2 is 1.95 bits per heavy atom. The lowest BCUT2D eigenvalue weighted by atomic mass is 9.99. The highest BCUT2D eigenvalue weighted by molar-refractivity contribution is 8.00. The summed E-state index contributed by atoms with van der Waals surface area (Å²) in [7, 11) is 1.30. The van der Waals surface area contributed by atoms with Gasteiger partial charge in [-0.1, -0.05) is 20.3 Å². The molecule has 0 aromatic heterocycles. The zero-order chi connectivity index (χ0) is 15.8. The van der Waals surface area contributed by atoms with Gasteiger partial charge in [0.2, 0.25) is 5.91 Å². The van der Waals surface area contributed by atoms with Crippen molar-refractivity contribution in [2.45, 2.75) is 31.2 Å². The van der Waals surface area contributed by atoms with Gasteiger partial charge in [-0.3, -0.25) is 4.79 Å². The third-order valence-corrected chi connectivity index (χ3v) is 4.18. The van der Waals surface area contributed by atoms with Crippen LogP contribution in [0.3, 0.4) is 0 Å². The van der Waals surface area contributed by atoms with Gasteiger partial charge in [-0.25, -0.2) is 9.18 Å². The molecule has 0 fully saturated rings. The van der Waals surface area contributed by atoms with Gasteiger partial charge < -0.3 is 10.1 Å². The Balaban J connectivity index is 2.53. The topological polar surface area (TPSA) is 55.4 Å². The Hall–Kier alpha value is -1.56. The molecule has 0 radical (unpaired) electrons. The molecule has 0 aliphatic heterocycles. The monoisotopic (exact) mass is 313 g/mol. The second-order valence-electron chi connectivity index (χ2n) is 4.70. The number of ether oxygens (including phenoxy) is 1. The number of methoxy groups -OCH3 is 1. The molecule has 0 aliphatic rings. The first kappa shape index (κ1) is 17.5. The van der Waals surface area contributed by atoms with Crippen molar-refractivity contribution in [1.29, 1.82) is 0 Å². The normalized spacial score (nSPS) is 13.3. The lowest BCUT2D eigenvalue weighted by molar-refractivity contribution is -0.146. The number of rotatable bonds is 7. The molecule has 1 amide bonds. The third kappa shape index (κ3) is 5.75. The van der Waals surface area contributed by atoms with Gasteiger partial charge in [-0.2, -0.15) is 0 Å². The summed E-state index contributed by atoms with van der Waals surface area (Å²) in [5.74, 6) is -0.844. The van der Waals surface area contributed by atoms with E-state index in [9.17, 15) is 14.0 Å². The Labute approximate surface area is 128 Å². The van der Waals surface area contributed by atoms with Crippen molar-refractivity contribution in [3.63, 3.8) is 0 Å². The quantitative estimate of drug-likeness (QED) is 0.621. The number of halogens is 1. The second kappa shape index (κ2) is 8.67. The lowest BCUT2D eigenvalue weighted by Crippen LogP contribution is -2.46. The molecule has 1 aromatic rings. The molecule has 0 saturated carbocycles. The van der Waals surface area contributed by atoms with Gasteiger partial charge in [0.05, 0.1) is 12.9 Å². The van der Waals surface area contributed by atoms with Gasteiger partial charge >= 0.3 is 5.97 Å². The molecule has 1 rings (SSSR count). The molecule has 1 aromatic carbocycles. The number of amides is 1. The molecule has 0 unspecified atom stereocenters. The predicted octanol–water partition coefficient (Wildman–Crippen LogP) is 2.62. The van der Waals surface area contributed by atoms with Crippen LogP contribution in [0.2, 0.25) is 0 Å². The maximum absolute atomic E-state index is 12.8. The fourth-order valence-electron chi connectivity index (χ4n) is 1.69. The average Bonchev–Trinajstić information content (AvgIpc) is 2.50. The smallest absolute Gasteiger partial charge is 0.328 e. The summed E-state index contributed by atoms with van der Waals surface area (Å²) in [4.78, 5) is 24.4. The molecule has 0 aliphatic carbocycles. The van der Waals surface area contributed by atoms with E-state index < -0.39 is 12.0 Å². The van der Waals surface area contributed by atoms with E-state index in [1.165, 1.54) is 31.0 Å². The van der Waals surface area contributed by atoms with Crippen LogP contribution in [0, 0.1) is 11.7 Å². The lowest BCUT2D eigenvalue weighted by Gasteiger charge is -2.21. The van der Waals surface area contributed by atoms with Gasteiger partial charge in [0.15, 0.2) is 0 Å². The van der Waals surface area contributed by atoms with Crippen LogP contribution in [0.4, 0.5) is 4.39 Å². The summed E-state index contributed by atoms with van der Waals surface area (Å²) >= 11 is 1.29. The van der Waals surface area contributed by atoms with E-state index in [0.717, 1.165) is 11.3 Å². The molecule has 0 bridgehead atoms. The van der Waals surface area contributed by atoms with Crippen LogP contribution in [0.25, 0.3) is 0 Å². The zero-order valence-corrected chi connectivity index (χ0v) is 13.2. The van der Waals surface area contributed by atoms with E-state index in [-0.39, 0.29) is 23.4 Å². The number of carbonyl (C=O) groups excluding carboxylic acids is 2. The molecule has 116 valence electrons. The minimum atomic E-state index is -0.638. The third-order valence-electron chi connectivity index (χ3n) is 3.17. The van der Waals surface area contributed by atoms with E-state index in [1.54, 1.807) is 12.1 Å². The van der Waals surface area contributed by atoms with Crippen LogP contribution in [0.1, 0.15) is 20.3 Å². The summed E-state index contributed by atoms with van der Waals surface area (Å²) in [6, 6.07) is 5.27. The SMILES string of the molecule is CC[C@@H](C)[C@H](NC(=O)CSc1ccc(F)cc1)C(=O)OC. The Morgan fingerprint density at radius 1 is 1.33 bits per heavy atom. The molecule has 4 nitrogen and oxygen atoms in total. The summed E-state index contributed by atoms with van der Waals surface area (Å²) in [6.07, 6.45) is 0.755. The van der Waals surface area contributed by atoms with Crippen molar-refractivity contribution in [1.82, 2.24) is 5.32 Å². The Bertz CT molecular complexity index is 478. The first-order valence-corrected chi connectivity index (χ1v) is 7.72. The zero-order valence-electron chi connectivity index (χ0n) is 12.4. The molecule has 1 N–H and O–H groups in total. The number of hydrogen-bond donors (Lipinski definition) is 1. The van der Waals surface area contributed by atoms with Crippen molar-refractivity contribution in [2.24, 2.45) is 5.92 Å². The van der Waals surface area contributed by atoms with E-state index in [0.29, 0.717) is 0 Å². The van der Waals surface area contributed by atoms with Gasteiger partial charge in [0.1, 0.15) is 11.9 Å². The number of esters is 1. The second-order valence-corrected chi connectivity index (χ2v) is 5.75. The van der Waals surface area contributed by atoms with Crippen molar-refractivity contribution in [3.05, 3.63) is 30.1 Å². The van der Waals surface area contributed by atoms with Crippen LogP contribution >= 0.6 is 11.8 Å². The number of hydrogen-bond acceptors (Lipinski definition) is 4. The summed E-state index contributed by atoms with van der Waals surface area (Å²) in [6.45, 7) is 3.83. The van der Waals surface area contributed by atoms with Crippen molar-refractivity contribution in [3.8, 4) is 0 Å². The minimum Gasteiger partial charge on any atom is -0.467 e. The molecule has 21 heavy (non-hydrogen) atoms. The first-order valence-electron chi connectivity index (χ1n) is 6.73. The maximum atomic E-state index is 12.8. The van der Waals surface area contributed by atoms with E-state index in [1.807, 2.05) is 13.8 Å². The van der Waals surface area contributed by atoms with Crippen molar-refractivity contribution in [2.75, 3.05) is 12.9 Å². The number of nitrogens with one attached hydrogen (secondary N) is 1. The number of benzene rings is 1. The van der Waals surface area contributed by atoms with Crippen LogP contribution in [-0.4, -0.2) is 30.8 Å². The van der Waals surface area contributed by atoms with E-state index in [4.69, 9.17) is 4.74 Å². The van der Waals surface area contributed by atoms with Crippen molar-refractivity contribution >= 4 is 23.6 Å². The molecular weight excluding hydrogens is 293 g/mol. The maximum Gasteiger partial charge on any atom is 0.328 e. The van der Waals surface area contributed by atoms with Gasteiger partial charge in [-0.15, -0.1) is 11.8 Å². The molecule has 0 spiro atoms. The number of carbonyl (C=O) groups is 2. The van der Waals surface area contributed by atoms with E-state index >= 15 is 0 Å². The van der Waals surface area contributed by atoms with Gasteiger partial charge in [0.25, 0.3) is 0 Å². The van der Waals surface area contributed by atoms with Crippen LogP contribution in [0.15, 0.2) is 29.2 Å². The average molecular weight is 313 g/mol. The molecule has 2 atom stereocenters. The largest absolute Gasteiger partial charge is 0.467 e. The highest BCUT2D eigenvalue weighted by Gasteiger charge is 2.26. The molecule has 0 heterocycles. The fraction of sp³-hybridized carbons (Fsp3) is 0.467. The number of thioether (sulfide) groups is 1. The van der Waals surface area contributed by atoms with Gasteiger partial charge in [-0.05, 0) is 30.2 Å². The summed E-state index contributed by atoms with van der Waals surface area (Å²) in [5, 5.41) is 2.69. The Morgan fingerprint density at radius 3 is 2.48 bits per heavy atom. The fourth-order valence-corrected chi connectivity index (χ4v) is 2.40. The van der Waals surface area contributed by atoms with Crippen LogP contribution < -0.4 is 5.32 Å². The van der Waals surface area contributed by atoms with E-state index in [2.05, 4.69) is 5.32 Å². The first-order chi connectivity index (χ1) is 9.97. The molecule has 6 heteroatoms. The predicted molar refractivity (Wildman–Crippen MR) is 80.5 cm³/mol. The summed E-state index contributed by atoms with van der Waals surface area (Å²) in [5.41, 5.74) is 0. The highest BCUT2D eigenvalue weighted by atomic mass is 32.2. The van der Waals surface area contributed by atoms with Crippen molar-refractivity contribution < 1.29 is 18.7 Å².